The summed E-state index contributed by atoms with van der Waals surface area (Å²) in [6.45, 7) is 6.52. The summed E-state index contributed by atoms with van der Waals surface area (Å²) in [4.78, 5) is 4.33. The standard InChI is InChI=1S/C11H17BrN2S/c1-3-13-6-9(2)8-15-11-5-4-10(12)7-14-11/h4-5,7,9,13H,3,6,8H2,1-2H3. The molecule has 0 spiro atoms. The molecule has 1 aromatic rings. The number of hydrogen-bond donors (Lipinski definition) is 1. The largest absolute Gasteiger partial charge is 0.317 e. The van der Waals surface area contributed by atoms with Gasteiger partial charge in [-0.3, -0.25) is 0 Å². The zero-order valence-corrected chi connectivity index (χ0v) is 11.6. The summed E-state index contributed by atoms with van der Waals surface area (Å²) in [6.07, 6.45) is 1.84. The van der Waals surface area contributed by atoms with E-state index in [4.69, 9.17) is 0 Å². The number of pyridine rings is 1. The first-order valence-electron chi connectivity index (χ1n) is 5.17. The second-order valence-electron chi connectivity index (χ2n) is 3.54. The topological polar surface area (TPSA) is 24.9 Å². The van der Waals surface area contributed by atoms with Crippen LogP contribution in [0.2, 0.25) is 0 Å². The number of thioether (sulfide) groups is 1. The highest BCUT2D eigenvalue weighted by Gasteiger charge is 2.03. The number of rotatable bonds is 6. The summed E-state index contributed by atoms with van der Waals surface area (Å²) in [5, 5.41) is 4.45. The third-order valence-electron chi connectivity index (χ3n) is 1.96. The van der Waals surface area contributed by atoms with Gasteiger partial charge in [0.05, 0.1) is 5.03 Å². The van der Waals surface area contributed by atoms with Crippen molar-refractivity contribution in [1.29, 1.82) is 0 Å². The Morgan fingerprint density at radius 2 is 2.33 bits per heavy atom. The van der Waals surface area contributed by atoms with Crippen LogP contribution in [0.25, 0.3) is 0 Å². The van der Waals surface area contributed by atoms with Gasteiger partial charge in [-0.25, -0.2) is 4.98 Å². The van der Waals surface area contributed by atoms with Gasteiger partial charge in [0, 0.05) is 16.4 Å². The Kier molecular flexibility index (Phi) is 6.29. The van der Waals surface area contributed by atoms with Crippen LogP contribution in [0.5, 0.6) is 0 Å². The smallest absolute Gasteiger partial charge is 0.0960 e. The van der Waals surface area contributed by atoms with Crippen LogP contribution in [-0.2, 0) is 0 Å². The average molecular weight is 289 g/mol. The first kappa shape index (κ1) is 13.0. The fourth-order valence-corrected chi connectivity index (χ4v) is 2.22. The molecule has 0 aliphatic carbocycles. The summed E-state index contributed by atoms with van der Waals surface area (Å²) in [5.74, 6) is 1.79. The summed E-state index contributed by atoms with van der Waals surface area (Å²) in [6, 6.07) is 4.08. The quantitative estimate of drug-likeness (QED) is 0.814. The van der Waals surface area contributed by atoms with Gasteiger partial charge in [0.15, 0.2) is 0 Å². The molecular weight excluding hydrogens is 272 g/mol. The first-order chi connectivity index (χ1) is 7.22. The fourth-order valence-electron chi connectivity index (χ4n) is 1.12. The molecule has 1 N–H and O–H groups in total. The molecule has 0 amide bonds. The van der Waals surface area contributed by atoms with Crippen molar-refractivity contribution in [1.82, 2.24) is 10.3 Å². The molecule has 0 saturated carbocycles. The van der Waals surface area contributed by atoms with Gasteiger partial charge < -0.3 is 5.32 Å². The highest BCUT2D eigenvalue weighted by atomic mass is 79.9. The van der Waals surface area contributed by atoms with E-state index in [1.165, 1.54) is 0 Å². The zero-order chi connectivity index (χ0) is 11.1. The number of nitrogens with zero attached hydrogens (tertiary/aromatic N) is 1. The molecule has 1 rings (SSSR count). The van der Waals surface area contributed by atoms with Crippen LogP contribution in [0.4, 0.5) is 0 Å². The Bertz CT molecular complexity index is 276. The highest BCUT2D eigenvalue weighted by molar-refractivity contribution is 9.10. The second kappa shape index (κ2) is 7.25. The Hall–Kier alpha value is -0.0600. The number of hydrogen-bond acceptors (Lipinski definition) is 3. The third-order valence-corrected chi connectivity index (χ3v) is 3.70. The lowest BCUT2D eigenvalue weighted by molar-refractivity contribution is 0.573. The third kappa shape index (κ3) is 5.54. The van der Waals surface area contributed by atoms with E-state index in [9.17, 15) is 0 Å². The molecule has 0 aliphatic heterocycles. The van der Waals surface area contributed by atoms with Crippen LogP contribution in [0.3, 0.4) is 0 Å². The number of aromatic nitrogens is 1. The minimum atomic E-state index is 0.681. The molecule has 4 heteroatoms. The molecule has 2 nitrogen and oxygen atoms in total. The van der Waals surface area contributed by atoms with E-state index < -0.39 is 0 Å². The van der Waals surface area contributed by atoms with Crippen molar-refractivity contribution in [2.75, 3.05) is 18.8 Å². The van der Waals surface area contributed by atoms with Gasteiger partial charge >= 0.3 is 0 Å². The van der Waals surface area contributed by atoms with E-state index in [-0.39, 0.29) is 0 Å². The average Bonchev–Trinajstić information content (AvgIpc) is 2.25. The monoisotopic (exact) mass is 288 g/mol. The Balaban J connectivity index is 2.27. The maximum absolute atomic E-state index is 4.33. The lowest BCUT2D eigenvalue weighted by Crippen LogP contribution is -2.21. The predicted octanol–water partition coefficient (Wildman–Crippen LogP) is 3.18. The molecule has 0 fully saturated rings. The Labute approximate surface area is 104 Å². The van der Waals surface area contributed by atoms with E-state index >= 15 is 0 Å². The van der Waals surface area contributed by atoms with Crippen molar-refractivity contribution in [2.45, 2.75) is 18.9 Å². The molecule has 0 radical (unpaired) electrons. The van der Waals surface area contributed by atoms with Gasteiger partial charge in [0.1, 0.15) is 0 Å². The zero-order valence-electron chi connectivity index (χ0n) is 9.16. The van der Waals surface area contributed by atoms with Crippen LogP contribution in [0.1, 0.15) is 13.8 Å². The van der Waals surface area contributed by atoms with Gasteiger partial charge in [-0.05, 0) is 47.1 Å². The molecule has 0 bridgehead atoms. The van der Waals surface area contributed by atoms with Gasteiger partial charge in [-0.15, -0.1) is 11.8 Å². The van der Waals surface area contributed by atoms with Gasteiger partial charge in [0.25, 0.3) is 0 Å². The molecule has 0 aromatic carbocycles. The van der Waals surface area contributed by atoms with Gasteiger partial charge in [-0.1, -0.05) is 13.8 Å². The summed E-state index contributed by atoms with van der Waals surface area (Å²) in [5.41, 5.74) is 0. The van der Waals surface area contributed by atoms with Gasteiger partial charge in [-0.2, -0.15) is 0 Å². The SMILES string of the molecule is CCNCC(C)CSc1ccc(Br)cn1. The maximum Gasteiger partial charge on any atom is 0.0960 e. The molecule has 1 aromatic heterocycles. The van der Waals surface area contributed by atoms with Crippen molar-refractivity contribution in [3.63, 3.8) is 0 Å². The lowest BCUT2D eigenvalue weighted by atomic mass is 10.2. The van der Waals surface area contributed by atoms with Crippen molar-refractivity contribution < 1.29 is 0 Å². The minimum absolute atomic E-state index is 0.681. The predicted molar refractivity (Wildman–Crippen MR) is 70.4 cm³/mol. The summed E-state index contributed by atoms with van der Waals surface area (Å²) in [7, 11) is 0. The summed E-state index contributed by atoms with van der Waals surface area (Å²) < 4.78 is 1.03. The van der Waals surface area contributed by atoms with Crippen LogP contribution < -0.4 is 5.32 Å². The first-order valence-corrected chi connectivity index (χ1v) is 6.95. The summed E-state index contributed by atoms with van der Waals surface area (Å²) >= 11 is 5.19. The van der Waals surface area contributed by atoms with Crippen molar-refractivity contribution in [3.8, 4) is 0 Å². The van der Waals surface area contributed by atoms with Crippen LogP contribution in [0, 0.1) is 5.92 Å². The molecule has 15 heavy (non-hydrogen) atoms. The molecule has 1 unspecified atom stereocenters. The van der Waals surface area contributed by atoms with Crippen LogP contribution >= 0.6 is 27.7 Å². The van der Waals surface area contributed by atoms with Gasteiger partial charge in [0.2, 0.25) is 0 Å². The van der Waals surface area contributed by atoms with Crippen molar-refractivity contribution >= 4 is 27.7 Å². The molecule has 0 saturated heterocycles. The molecule has 1 heterocycles. The minimum Gasteiger partial charge on any atom is -0.317 e. The van der Waals surface area contributed by atoms with Crippen molar-refractivity contribution in [2.24, 2.45) is 5.92 Å². The Morgan fingerprint density at radius 3 is 2.93 bits per heavy atom. The van der Waals surface area contributed by atoms with Crippen molar-refractivity contribution in [3.05, 3.63) is 22.8 Å². The normalized spacial score (nSPS) is 12.7. The van der Waals surface area contributed by atoms with E-state index in [1.54, 1.807) is 0 Å². The molecular formula is C11H17BrN2S. The van der Waals surface area contributed by atoms with Crippen LogP contribution in [0.15, 0.2) is 27.8 Å². The lowest BCUT2D eigenvalue weighted by Gasteiger charge is -2.10. The van der Waals surface area contributed by atoms with Crippen LogP contribution in [-0.4, -0.2) is 23.8 Å². The highest BCUT2D eigenvalue weighted by Crippen LogP contribution is 2.19. The number of nitrogens with one attached hydrogen (secondary N) is 1. The maximum atomic E-state index is 4.33. The molecule has 1 atom stereocenters. The molecule has 0 aliphatic rings. The van der Waals surface area contributed by atoms with E-state index in [0.717, 1.165) is 28.3 Å². The second-order valence-corrected chi connectivity index (χ2v) is 5.49. The van der Waals surface area contributed by atoms with E-state index in [2.05, 4.69) is 46.1 Å². The fraction of sp³-hybridized carbons (Fsp3) is 0.545. The number of halogens is 1. The Morgan fingerprint density at radius 1 is 1.53 bits per heavy atom. The van der Waals surface area contributed by atoms with E-state index in [0.29, 0.717) is 5.92 Å². The van der Waals surface area contributed by atoms with E-state index in [1.807, 2.05) is 24.0 Å². The molecule has 84 valence electrons.